The molecule has 1 aromatic carbocycles. The van der Waals surface area contributed by atoms with E-state index in [1.807, 2.05) is 42.2 Å². The van der Waals surface area contributed by atoms with Crippen molar-refractivity contribution in [1.29, 1.82) is 0 Å². The number of nitrogens with one attached hydrogen (secondary N) is 2. The number of hydrogen-bond donors (Lipinski definition) is 2. The van der Waals surface area contributed by atoms with Crippen LogP contribution in [0.15, 0.2) is 49.2 Å². The van der Waals surface area contributed by atoms with Crippen LogP contribution in [-0.4, -0.2) is 35.6 Å². The molecule has 36 heavy (non-hydrogen) atoms. The van der Waals surface area contributed by atoms with Crippen molar-refractivity contribution in [1.82, 2.24) is 35.0 Å². The van der Waals surface area contributed by atoms with Crippen LogP contribution in [0.4, 0.5) is 0 Å². The predicted molar refractivity (Wildman–Crippen MR) is 143 cm³/mol. The second kappa shape index (κ2) is 9.31. The van der Waals surface area contributed by atoms with Gasteiger partial charge in [-0.1, -0.05) is 32.9 Å². The fourth-order valence-corrected chi connectivity index (χ4v) is 4.90. The Labute approximate surface area is 213 Å². The molecule has 9 heteroatoms. The Balaban J connectivity index is 1.36. The summed E-state index contributed by atoms with van der Waals surface area (Å²) >= 11 is 1.44. The van der Waals surface area contributed by atoms with Gasteiger partial charge in [-0.25, -0.2) is 15.0 Å². The van der Waals surface area contributed by atoms with Crippen molar-refractivity contribution in [2.45, 2.75) is 53.1 Å². The lowest BCUT2D eigenvalue weighted by atomic mass is 9.96. The molecule has 1 amide bonds. The number of H-pyrrole nitrogens is 1. The van der Waals surface area contributed by atoms with Gasteiger partial charge in [-0.15, -0.1) is 11.3 Å². The Hall–Kier alpha value is -3.85. The number of aromatic nitrogens is 6. The minimum absolute atomic E-state index is 0.0214. The topological polar surface area (TPSA) is 101 Å². The Morgan fingerprint density at radius 3 is 2.64 bits per heavy atom. The number of aromatic amines is 1. The highest BCUT2D eigenvalue weighted by Crippen LogP contribution is 2.30. The van der Waals surface area contributed by atoms with Crippen LogP contribution >= 0.6 is 11.3 Å². The first kappa shape index (κ1) is 23.9. The minimum Gasteiger partial charge on any atom is -0.351 e. The molecule has 2 N–H and O–H groups in total. The molecule has 4 heterocycles. The molecule has 0 aliphatic heterocycles. The number of thiazole rings is 1. The Bertz CT molecular complexity index is 1550. The van der Waals surface area contributed by atoms with Crippen LogP contribution in [0.25, 0.3) is 33.5 Å². The maximum Gasteiger partial charge on any atom is 0.280 e. The lowest BCUT2D eigenvalue weighted by Crippen LogP contribution is -2.23. The number of nitrogens with zero attached hydrogens (tertiary/aromatic N) is 5. The third-order valence-corrected chi connectivity index (χ3v) is 7.60. The van der Waals surface area contributed by atoms with Crippen molar-refractivity contribution in [2.24, 2.45) is 0 Å². The summed E-state index contributed by atoms with van der Waals surface area (Å²) in [5.41, 5.74) is 7.63. The second-order valence-electron chi connectivity index (χ2n) is 9.85. The maximum absolute atomic E-state index is 12.7. The van der Waals surface area contributed by atoms with E-state index in [0.717, 1.165) is 56.1 Å². The SMILES string of the molecule is CCn1cc(-c2cc3ncnc(-c4ccc(CNC(=O)c5ncc(C(C)(C)C)s5)c(C)c4)c3[nH]2)cn1. The molecule has 5 aromatic rings. The fourth-order valence-electron chi connectivity index (χ4n) is 4.01. The monoisotopic (exact) mass is 499 g/mol. The summed E-state index contributed by atoms with van der Waals surface area (Å²) < 4.78 is 1.90. The van der Waals surface area contributed by atoms with Crippen LogP contribution in [0.3, 0.4) is 0 Å². The van der Waals surface area contributed by atoms with Gasteiger partial charge >= 0.3 is 0 Å². The Kier molecular flexibility index (Phi) is 6.17. The largest absolute Gasteiger partial charge is 0.351 e. The van der Waals surface area contributed by atoms with Gasteiger partial charge in [0.1, 0.15) is 6.33 Å². The van der Waals surface area contributed by atoms with Crippen LogP contribution in [0.5, 0.6) is 0 Å². The molecular weight excluding hydrogens is 470 g/mol. The van der Waals surface area contributed by atoms with E-state index in [1.165, 1.54) is 11.3 Å². The molecule has 5 rings (SSSR count). The zero-order valence-corrected chi connectivity index (χ0v) is 21.9. The van der Waals surface area contributed by atoms with E-state index in [1.54, 1.807) is 12.5 Å². The molecule has 0 atom stereocenters. The summed E-state index contributed by atoms with van der Waals surface area (Å²) in [7, 11) is 0. The van der Waals surface area contributed by atoms with Crippen LogP contribution in [0, 0.1) is 6.92 Å². The van der Waals surface area contributed by atoms with Crippen LogP contribution < -0.4 is 5.32 Å². The normalized spacial score (nSPS) is 11.8. The molecule has 0 radical (unpaired) electrons. The number of hydrogen-bond acceptors (Lipinski definition) is 6. The van der Waals surface area contributed by atoms with Crippen molar-refractivity contribution >= 4 is 28.3 Å². The number of aryl methyl sites for hydroxylation is 2. The summed E-state index contributed by atoms with van der Waals surface area (Å²) in [6.45, 7) is 11.7. The van der Waals surface area contributed by atoms with Crippen LogP contribution in [0.2, 0.25) is 0 Å². The second-order valence-corrected chi connectivity index (χ2v) is 10.9. The molecule has 0 spiro atoms. The number of fused-ring (bicyclic) bond motifs is 1. The van der Waals surface area contributed by atoms with Crippen LogP contribution in [-0.2, 0) is 18.5 Å². The van der Waals surface area contributed by atoms with E-state index in [2.05, 4.69) is 64.1 Å². The lowest BCUT2D eigenvalue weighted by Gasteiger charge is -2.14. The van der Waals surface area contributed by atoms with E-state index in [4.69, 9.17) is 0 Å². The molecule has 0 bridgehead atoms. The van der Waals surface area contributed by atoms with E-state index in [9.17, 15) is 4.79 Å². The lowest BCUT2D eigenvalue weighted by molar-refractivity contribution is 0.0950. The molecule has 0 unspecified atom stereocenters. The molecule has 184 valence electrons. The highest BCUT2D eigenvalue weighted by molar-refractivity contribution is 7.13. The van der Waals surface area contributed by atoms with Gasteiger partial charge in [0.25, 0.3) is 5.91 Å². The van der Waals surface area contributed by atoms with Crippen molar-refractivity contribution in [3.8, 4) is 22.5 Å². The van der Waals surface area contributed by atoms with Crippen molar-refractivity contribution < 1.29 is 4.79 Å². The molecule has 8 nitrogen and oxygen atoms in total. The van der Waals surface area contributed by atoms with E-state index >= 15 is 0 Å². The average Bonchev–Trinajstić information content (AvgIpc) is 3.61. The summed E-state index contributed by atoms with van der Waals surface area (Å²) in [6.07, 6.45) is 7.25. The van der Waals surface area contributed by atoms with Crippen LogP contribution in [0.1, 0.15) is 53.5 Å². The quantitative estimate of drug-likeness (QED) is 0.321. The first-order valence-electron chi connectivity index (χ1n) is 11.9. The number of carbonyl (C=O) groups excluding carboxylic acids is 1. The van der Waals surface area contributed by atoms with E-state index in [0.29, 0.717) is 11.6 Å². The predicted octanol–water partition coefficient (Wildman–Crippen LogP) is 5.50. The summed E-state index contributed by atoms with van der Waals surface area (Å²) in [4.78, 5) is 30.6. The minimum atomic E-state index is -0.151. The van der Waals surface area contributed by atoms with Crippen molar-refractivity contribution in [3.05, 3.63) is 70.2 Å². The highest BCUT2D eigenvalue weighted by Gasteiger charge is 2.20. The van der Waals surface area contributed by atoms with Gasteiger partial charge in [-0.2, -0.15) is 5.10 Å². The smallest absolute Gasteiger partial charge is 0.280 e. The number of carbonyl (C=O) groups is 1. The van der Waals surface area contributed by atoms with Crippen molar-refractivity contribution in [2.75, 3.05) is 0 Å². The van der Waals surface area contributed by atoms with E-state index in [-0.39, 0.29) is 11.3 Å². The third kappa shape index (κ3) is 4.66. The molecule has 4 aromatic heterocycles. The standard InChI is InChI=1S/C27H29N7OS/c1-6-34-14-19(12-32-34)20-10-21-24(33-20)23(31-15-30-21)17-7-8-18(16(2)9-17)11-28-25(35)26-29-13-22(36-26)27(3,4)5/h7-10,12-15,33H,6,11H2,1-5H3,(H,28,35). The number of amides is 1. The maximum atomic E-state index is 12.7. The average molecular weight is 500 g/mol. The zero-order valence-electron chi connectivity index (χ0n) is 21.1. The fraction of sp³-hybridized carbons (Fsp3) is 0.296. The number of rotatable bonds is 6. The Morgan fingerprint density at radius 1 is 1.11 bits per heavy atom. The van der Waals surface area contributed by atoms with Gasteiger partial charge in [-0.3, -0.25) is 9.48 Å². The first-order valence-corrected chi connectivity index (χ1v) is 12.8. The molecular formula is C27H29N7OS. The van der Waals surface area contributed by atoms with Gasteiger partial charge < -0.3 is 10.3 Å². The van der Waals surface area contributed by atoms with Gasteiger partial charge in [0, 0.05) is 41.5 Å². The highest BCUT2D eigenvalue weighted by atomic mass is 32.1. The van der Waals surface area contributed by atoms with Gasteiger partial charge in [0.2, 0.25) is 0 Å². The Morgan fingerprint density at radius 2 is 1.94 bits per heavy atom. The van der Waals surface area contributed by atoms with Gasteiger partial charge in [0.05, 0.1) is 28.6 Å². The number of benzene rings is 1. The summed E-state index contributed by atoms with van der Waals surface area (Å²) in [6, 6.07) is 8.20. The first-order chi connectivity index (χ1) is 17.2. The summed E-state index contributed by atoms with van der Waals surface area (Å²) in [5.74, 6) is -0.151. The van der Waals surface area contributed by atoms with Gasteiger partial charge in [0.15, 0.2) is 5.01 Å². The molecule has 0 fully saturated rings. The third-order valence-electron chi connectivity index (χ3n) is 6.18. The molecule has 0 aliphatic rings. The van der Waals surface area contributed by atoms with Gasteiger partial charge in [-0.05, 0) is 42.5 Å². The zero-order chi connectivity index (χ0) is 25.4. The van der Waals surface area contributed by atoms with E-state index < -0.39 is 0 Å². The molecule has 0 saturated heterocycles. The molecule has 0 saturated carbocycles. The molecule has 0 aliphatic carbocycles. The van der Waals surface area contributed by atoms with Crippen molar-refractivity contribution in [3.63, 3.8) is 0 Å². The summed E-state index contributed by atoms with van der Waals surface area (Å²) in [5, 5.41) is 7.87.